The van der Waals surface area contributed by atoms with Crippen LogP contribution in [-0.4, -0.2) is 29.7 Å². The second-order valence-corrected chi connectivity index (χ2v) is 6.36. The quantitative estimate of drug-likeness (QED) is 0.576. The first-order chi connectivity index (χ1) is 9.87. The number of aromatic hydroxyl groups is 1. The average molecular weight is 292 g/mol. The third-order valence-electron chi connectivity index (χ3n) is 3.35. The van der Waals surface area contributed by atoms with Gasteiger partial charge in [-0.05, 0) is 52.3 Å². The Morgan fingerprint density at radius 2 is 2.10 bits per heavy atom. The summed E-state index contributed by atoms with van der Waals surface area (Å²) >= 11 is 0. The molecule has 1 amide bonds. The van der Waals surface area contributed by atoms with Crippen molar-refractivity contribution in [3.05, 3.63) is 17.7 Å². The van der Waals surface area contributed by atoms with Crippen molar-refractivity contribution in [2.24, 2.45) is 0 Å². The Bertz CT molecular complexity index is 521. The summed E-state index contributed by atoms with van der Waals surface area (Å²) in [4.78, 5) is 11.4. The number of ether oxygens (including phenoxy) is 1. The molecule has 1 aliphatic heterocycles. The highest BCUT2D eigenvalue weighted by Gasteiger charge is 2.21. The second kappa shape index (κ2) is 6.35. The van der Waals surface area contributed by atoms with Gasteiger partial charge < -0.3 is 20.5 Å². The van der Waals surface area contributed by atoms with E-state index in [-0.39, 0.29) is 17.2 Å². The van der Waals surface area contributed by atoms with Crippen molar-refractivity contribution < 1.29 is 14.6 Å². The van der Waals surface area contributed by atoms with Crippen molar-refractivity contribution in [2.75, 3.05) is 18.5 Å². The molecular weight excluding hydrogens is 268 g/mol. The Morgan fingerprint density at radius 3 is 2.81 bits per heavy atom. The zero-order chi connectivity index (χ0) is 15.5. The minimum atomic E-state index is -0.0654. The number of carbonyl (C=O) groups excluding carboxylic acids is 1. The number of phenolic OH excluding ortho intramolecular Hbond substituents is 1. The van der Waals surface area contributed by atoms with Crippen LogP contribution in [0.2, 0.25) is 0 Å². The minimum absolute atomic E-state index is 0.0654. The van der Waals surface area contributed by atoms with E-state index in [1.165, 1.54) is 0 Å². The first kappa shape index (κ1) is 15.6. The predicted octanol–water partition coefficient (Wildman–Crippen LogP) is 2.43. The number of amides is 1. The summed E-state index contributed by atoms with van der Waals surface area (Å²) < 4.78 is 5.81. The topological polar surface area (TPSA) is 70.6 Å². The number of anilines is 1. The summed E-state index contributed by atoms with van der Waals surface area (Å²) in [6.45, 7) is 7.89. The summed E-state index contributed by atoms with van der Waals surface area (Å²) in [5.74, 6) is 0.780. The standard InChI is InChI=1S/C16H24N2O3/c1-16(2,3)17-9-4-10-21-13-7-6-12(19)15-11(13)5-8-14(20)18-15/h6-7,17,19H,4-5,8-10H2,1-3H3,(H,18,20). The van der Waals surface area contributed by atoms with Crippen LogP contribution in [0, 0.1) is 0 Å². The number of hydrogen-bond acceptors (Lipinski definition) is 4. The van der Waals surface area contributed by atoms with Gasteiger partial charge >= 0.3 is 0 Å². The van der Waals surface area contributed by atoms with Crippen LogP contribution < -0.4 is 15.4 Å². The molecule has 2 rings (SSSR count). The highest BCUT2D eigenvalue weighted by molar-refractivity contribution is 5.96. The zero-order valence-corrected chi connectivity index (χ0v) is 13.0. The number of rotatable bonds is 5. The summed E-state index contributed by atoms with van der Waals surface area (Å²) in [6, 6.07) is 3.33. The maximum Gasteiger partial charge on any atom is 0.224 e. The van der Waals surface area contributed by atoms with Gasteiger partial charge in [0.25, 0.3) is 0 Å². The monoisotopic (exact) mass is 292 g/mol. The van der Waals surface area contributed by atoms with E-state index < -0.39 is 0 Å². The molecule has 0 unspecified atom stereocenters. The molecule has 5 heteroatoms. The molecule has 0 saturated heterocycles. The van der Waals surface area contributed by atoms with Gasteiger partial charge in [-0.3, -0.25) is 4.79 Å². The molecule has 0 atom stereocenters. The van der Waals surface area contributed by atoms with Crippen molar-refractivity contribution in [1.82, 2.24) is 5.32 Å². The highest BCUT2D eigenvalue weighted by Crippen LogP contribution is 2.37. The molecule has 21 heavy (non-hydrogen) atoms. The Labute approximate surface area is 125 Å². The van der Waals surface area contributed by atoms with Gasteiger partial charge in [-0.15, -0.1) is 0 Å². The number of hydrogen-bond donors (Lipinski definition) is 3. The van der Waals surface area contributed by atoms with Gasteiger partial charge in [0, 0.05) is 17.5 Å². The van der Waals surface area contributed by atoms with Crippen molar-refractivity contribution in [3.63, 3.8) is 0 Å². The van der Waals surface area contributed by atoms with Crippen molar-refractivity contribution >= 4 is 11.6 Å². The van der Waals surface area contributed by atoms with Crippen LogP contribution >= 0.6 is 0 Å². The maximum absolute atomic E-state index is 11.4. The number of phenols is 1. The maximum atomic E-state index is 11.4. The lowest BCUT2D eigenvalue weighted by Crippen LogP contribution is -2.36. The SMILES string of the molecule is CC(C)(C)NCCCOc1ccc(O)c2c1CCC(=O)N2. The van der Waals surface area contributed by atoms with E-state index in [4.69, 9.17) is 4.74 Å². The molecule has 0 aliphatic carbocycles. The first-order valence-corrected chi connectivity index (χ1v) is 7.39. The molecule has 5 nitrogen and oxygen atoms in total. The number of fused-ring (bicyclic) bond motifs is 1. The molecule has 0 saturated carbocycles. The van der Waals surface area contributed by atoms with E-state index >= 15 is 0 Å². The molecule has 0 spiro atoms. The molecule has 1 aromatic rings. The Balaban J connectivity index is 1.92. The van der Waals surface area contributed by atoms with E-state index in [9.17, 15) is 9.90 Å². The fourth-order valence-electron chi connectivity index (χ4n) is 2.30. The van der Waals surface area contributed by atoms with Gasteiger partial charge in [0.1, 0.15) is 11.5 Å². The van der Waals surface area contributed by atoms with Crippen LogP contribution in [-0.2, 0) is 11.2 Å². The Kier molecular flexibility index (Phi) is 4.73. The molecule has 1 aliphatic rings. The highest BCUT2D eigenvalue weighted by atomic mass is 16.5. The van der Waals surface area contributed by atoms with Crippen LogP contribution in [0.25, 0.3) is 0 Å². The van der Waals surface area contributed by atoms with Crippen molar-refractivity contribution in [2.45, 2.75) is 45.6 Å². The van der Waals surface area contributed by atoms with Crippen LogP contribution in [0.1, 0.15) is 39.2 Å². The van der Waals surface area contributed by atoms with Gasteiger partial charge in [-0.1, -0.05) is 0 Å². The summed E-state index contributed by atoms with van der Waals surface area (Å²) in [6.07, 6.45) is 1.93. The third-order valence-corrected chi connectivity index (χ3v) is 3.35. The van der Waals surface area contributed by atoms with Crippen LogP contribution in [0.3, 0.4) is 0 Å². The molecule has 1 aromatic carbocycles. The van der Waals surface area contributed by atoms with E-state index in [2.05, 4.69) is 31.4 Å². The lowest BCUT2D eigenvalue weighted by Gasteiger charge is -2.22. The van der Waals surface area contributed by atoms with Crippen molar-refractivity contribution in [3.8, 4) is 11.5 Å². The second-order valence-electron chi connectivity index (χ2n) is 6.36. The Hall–Kier alpha value is -1.75. The molecule has 0 radical (unpaired) electrons. The normalized spacial score (nSPS) is 14.5. The molecule has 0 aromatic heterocycles. The van der Waals surface area contributed by atoms with E-state index in [1.54, 1.807) is 12.1 Å². The lowest BCUT2D eigenvalue weighted by molar-refractivity contribution is -0.116. The van der Waals surface area contributed by atoms with Crippen LogP contribution in [0.5, 0.6) is 11.5 Å². The largest absolute Gasteiger partial charge is 0.506 e. The Morgan fingerprint density at radius 1 is 1.33 bits per heavy atom. The third kappa shape index (κ3) is 4.36. The molecule has 3 N–H and O–H groups in total. The molecule has 1 heterocycles. The predicted molar refractivity (Wildman–Crippen MR) is 82.9 cm³/mol. The fraction of sp³-hybridized carbons (Fsp3) is 0.562. The fourth-order valence-corrected chi connectivity index (χ4v) is 2.30. The van der Waals surface area contributed by atoms with Gasteiger partial charge in [0.2, 0.25) is 5.91 Å². The molecule has 0 fully saturated rings. The zero-order valence-electron chi connectivity index (χ0n) is 13.0. The van der Waals surface area contributed by atoms with Gasteiger partial charge in [-0.25, -0.2) is 0 Å². The van der Waals surface area contributed by atoms with Gasteiger partial charge in [0.15, 0.2) is 0 Å². The molecule has 0 bridgehead atoms. The summed E-state index contributed by atoms with van der Waals surface area (Å²) in [5.41, 5.74) is 1.50. The van der Waals surface area contributed by atoms with Gasteiger partial charge in [-0.2, -0.15) is 0 Å². The van der Waals surface area contributed by atoms with Crippen molar-refractivity contribution in [1.29, 1.82) is 0 Å². The molecule has 116 valence electrons. The molecular formula is C16H24N2O3. The first-order valence-electron chi connectivity index (χ1n) is 7.39. The number of carbonyl (C=O) groups is 1. The smallest absolute Gasteiger partial charge is 0.224 e. The summed E-state index contributed by atoms with van der Waals surface area (Å²) in [5, 5.41) is 15.9. The number of nitrogens with one attached hydrogen (secondary N) is 2. The minimum Gasteiger partial charge on any atom is -0.506 e. The van der Waals surface area contributed by atoms with E-state index in [1.807, 2.05) is 0 Å². The van der Waals surface area contributed by atoms with Gasteiger partial charge in [0.05, 0.1) is 12.3 Å². The van der Waals surface area contributed by atoms with E-state index in [0.717, 1.165) is 24.3 Å². The lowest BCUT2D eigenvalue weighted by atomic mass is 10.0. The number of benzene rings is 1. The van der Waals surface area contributed by atoms with Crippen LogP contribution in [0.15, 0.2) is 12.1 Å². The van der Waals surface area contributed by atoms with Crippen LogP contribution in [0.4, 0.5) is 5.69 Å². The van der Waals surface area contributed by atoms with E-state index in [0.29, 0.717) is 25.1 Å². The average Bonchev–Trinajstić information content (AvgIpc) is 2.40. The summed E-state index contributed by atoms with van der Waals surface area (Å²) in [7, 11) is 0.